The van der Waals surface area contributed by atoms with Gasteiger partial charge in [0.05, 0.1) is 0 Å². The molecule has 2 heterocycles. The van der Waals surface area contributed by atoms with E-state index in [-0.39, 0.29) is 18.5 Å². The van der Waals surface area contributed by atoms with Crippen molar-refractivity contribution in [2.24, 2.45) is 0 Å². The molecule has 24 heavy (non-hydrogen) atoms. The number of amides is 1. The molecule has 0 unspecified atom stereocenters. The van der Waals surface area contributed by atoms with Gasteiger partial charge in [0.1, 0.15) is 6.54 Å². The van der Waals surface area contributed by atoms with Crippen molar-refractivity contribution in [1.82, 2.24) is 14.7 Å². The van der Waals surface area contributed by atoms with Crippen LogP contribution < -0.4 is 4.90 Å². The Kier molecular flexibility index (Phi) is 5.58. The van der Waals surface area contributed by atoms with Gasteiger partial charge in [-0.2, -0.15) is 5.10 Å². The molecule has 1 fully saturated rings. The zero-order valence-corrected chi connectivity index (χ0v) is 15.1. The fourth-order valence-electron chi connectivity index (χ4n) is 3.18. The number of carbonyl (C=O) groups excluding carboxylic acids is 1. The number of hydrogen-bond donors (Lipinski definition) is 0. The third kappa shape index (κ3) is 3.99. The zero-order valence-electron chi connectivity index (χ0n) is 14.3. The Bertz CT molecular complexity index is 665. The summed E-state index contributed by atoms with van der Waals surface area (Å²) in [5.41, 5.74) is 0.994. The van der Waals surface area contributed by atoms with Crippen molar-refractivity contribution in [3.05, 3.63) is 42.7 Å². The fourth-order valence-corrected chi connectivity index (χ4v) is 3.63. The van der Waals surface area contributed by atoms with Crippen molar-refractivity contribution in [3.8, 4) is 0 Å². The Labute approximate surface area is 147 Å². The Morgan fingerprint density at radius 2 is 2.12 bits per heavy atom. The van der Waals surface area contributed by atoms with Crippen molar-refractivity contribution in [2.45, 2.75) is 30.3 Å². The van der Waals surface area contributed by atoms with Crippen LogP contribution >= 0.6 is 11.8 Å². The SMILES string of the molecule is CSc1cccc(N(C(=O)Cn2cccn2)C2CCN(C)CC2)c1. The van der Waals surface area contributed by atoms with E-state index in [0.29, 0.717) is 0 Å². The van der Waals surface area contributed by atoms with Gasteiger partial charge in [-0.1, -0.05) is 6.07 Å². The number of nitrogens with zero attached hydrogens (tertiary/aromatic N) is 4. The number of rotatable bonds is 5. The van der Waals surface area contributed by atoms with Crippen molar-refractivity contribution < 1.29 is 4.79 Å². The second-order valence-electron chi connectivity index (χ2n) is 6.20. The van der Waals surface area contributed by atoms with E-state index in [1.807, 2.05) is 29.3 Å². The van der Waals surface area contributed by atoms with Crippen molar-refractivity contribution in [3.63, 3.8) is 0 Å². The quantitative estimate of drug-likeness (QED) is 0.782. The summed E-state index contributed by atoms with van der Waals surface area (Å²) < 4.78 is 1.70. The van der Waals surface area contributed by atoms with Crippen molar-refractivity contribution in [1.29, 1.82) is 0 Å². The van der Waals surface area contributed by atoms with Gasteiger partial charge in [-0.25, -0.2) is 0 Å². The van der Waals surface area contributed by atoms with E-state index < -0.39 is 0 Å². The summed E-state index contributed by atoms with van der Waals surface area (Å²) in [5.74, 6) is 0.103. The number of anilines is 1. The van der Waals surface area contributed by atoms with Crippen LogP contribution in [-0.2, 0) is 11.3 Å². The summed E-state index contributed by atoms with van der Waals surface area (Å²) in [6.07, 6.45) is 7.62. The van der Waals surface area contributed by atoms with E-state index in [2.05, 4.69) is 35.4 Å². The molecule has 0 aliphatic carbocycles. The van der Waals surface area contributed by atoms with Crippen LogP contribution in [0.2, 0.25) is 0 Å². The predicted octanol–water partition coefficient (Wildman–Crippen LogP) is 2.73. The van der Waals surface area contributed by atoms with Crippen LogP contribution in [0.5, 0.6) is 0 Å². The van der Waals surface area contributed by atoms with E-state index in [9.17, 15) is 4.79 Å². The molecule has 1 aliphatic rings. The molecule has 0 radical (unpaired) electrons. The molecule has 1 aromatic carbocycles. The van der Waals surface area contributed by atoms with Gasteiger partial charge in [0.2, 0.25) is 5.91 Å². The average molecular weight is 344 g/mol. The standard InChI is InChI=1S/C18H24N4OS/c1-20-11-7-15(8-12-20)22(16-5-3-6-17(13-16)24-2)18(23)14-21-10-4-9-19-21/h3-6,9-10,13,15H,7-8,11-12,14H2,1-2H3. The largest absolute Gasteiger partial charge is 0.308 e. The molecular weight excluding hydrogens is 320 g/mol. The number of hydrogen-bond acceptors (Lipinski definition) is 4. The highest BCUT2D eigenvalue weighted by molar-refractivity contribution is 7.98. The molecular formula is C18H24N4OS. The first-order chi connectivity index (χ1) is 11.7. The maximum Gasteiger partial charge on any atom is 0.248 e. The van der Waals surface area contributed by atoms with Gasteiger partial charge in [-0.15, -0.1) is 11.8 Å². The summed E-state index contributed by atoms with van der Waals surface area (Å²) in [7, 11) is 2.14. The number of piperidine rings is 1. The molecule has 0 atom stereocenters. The Morgan fingerprint density at radius 3 is 2.79 bits per heavy atom. The summed E-state index contributed by atoms with van der Waals surface area (Å²) in [6.45, 7) is 2.33. The maximum absolute atomic E-state index is 13.0. The Balaban J connectivity index is 1.86. The lowest BCUT2D eigenvalue weighted by Gasteiger charge is -2.37. The number of likely N-dealkylation sites (tertiary alicyclic amines) is 1. The van der Waals surface area contributed by atoms with Crippen molar-refractivity contribution in [2.75, 3.05) is 31.3 Å². The molecule has 0 bridgehead atoms. The molecule has 1 saturated heterocycles. The molecule has 0 spiro atoms. The van der Waals surface area contributed by atoms with E-state index in [1.165, 1.54) is 4.90 Å². The molecule has 1 aliphatic heterocycles. The highest BCUT2D eigenvalue weighted by Gasteiger charge is 2.28. The molecule has 0 N–H and O–H groups in total. The van der Waals surface area contributed by atoms with Crippen LogP contribution in [0.4, 0.5) is 5.69 Å². The highest BCUT2D eigenvalue weighted by Crippen LogP contribution is 2.27. The van der Waals surface area contributed by atoms with Crippen LogP contribution in [0.15, 0.2) is 47.6 Å². The first-order valence-corrected chi connectivity index (χ1v) is 9.52. The minimum absolute atomic E-state index is 0.103. The fraction of sp³-hybridized carbons (Fsp3) is 0.444. The molecule has 1 aromatic heterocycles. The topological polar surface area (TPSA) is 41.4 Å². The molecule has 5 nitrogen and oxygen atoms in total. The van der Waals surface area contributed by atoms with E-state index >= 15 is 0 Å². The minimum Gasteiger partial charge on any atom is -0.308 e. The predicted molar refractivity (Wildman–Crippen MR) is 98.5 cm³/mol. The van der Waals surface area contributed by atoms with Gasteiger partial charge < -0.3 is 9.80 Å². The van der Waals surface area contributed by atoms with Crippen LogP contribution in [0, 0.1) is 0 Å². The molecule has 3 rings (SSSR count). The first kappa shape index (κ1) is 17.0. The lowest BCUT2D eigenvalue weighted by molar-refractivity contribution is -0.120. The number of aromatic nitrogens is 2. The van der Waals surface area contributed by atoms with E-state index in [1.54, 1.807) is 22.6 Å². The first-order valence-electron chi connectivity index (χ1n) is 8.29. The normalized spacial score (nSPS) is 16.2. The van der Waals surface area contributed by atoms with Gasteiger partial charge in [-0.3, -0.25) is 9.48 Å². The lowest BCUT2D eigenvalue weighted by atomic mass is 10.0. The van der Waals surface area contributed by atoms with Gasteiger partial charge in [-0.05, 0) is 63.5 Å². The average Bonchev–Trinajstić information content (AvgIpc) is 3.10. The van der Waals surface area contributed by atoms with Gasteiger partial charge in [0, 0.05) is 29.0 Å². The number of benzene rings is 1. The molecule has 1 amide bonds. The maximum atomic E-state index is 13.0. The molecule has 6 heteroatoms. The smallest absolute Gasteiger partial charge is 0.248 e. The summed E-state index contributed by atoms with van der Waals surface area (Å²) in [6, 6.07) is 10.4. The summed E-state index contributed by atoms with van der Waals surface area (Å²) in [5, 5.41) is 4.18. The number of thioether (sulfide) groups is 1. The van der Waals surface area contributed by atoms with Crippen LogP contribution in [0.3, 0.4) is 0 Å². The van der Waals surface area contributed by atoms with Crippen LogP contribution in [-0.4, -0.2) is 53.0 Å². The van der Waals surface area contributed by atoms with Crippen molar-refractivity contribution >= 4 is 23.4 Å². The van der Waals surface area contributed by atoms with Crippen LogP contribution in [0.1, 0.15) is 12.8 Å². The van der Waals surface area contributed by atoms with Gasteiger partial charge in [0.15, 0.2) is 0 Å². The molecule has 128 valence electrons. The zero-order chi connectivity index (χ0) is 16.9. The second kappa shape index (κ2) is 7.85. The third-order valence-electron chi connectivity index (χ3n) is 4.51. The van der Waals surface area contributed by atoms with E-state index in [4.69, 9.17) is 0 Å². The lowest BCUT2D eigenvalue weighted by Crippen LogP contribution is -2.48. The van der Waals surface area contributed by atoms with E-state index in [0.717, 1.165) is 31.6 Å². The summed E-state index contributed by atoms with van der Waals surface area (Å²) in [4.78, 5) is 18.5. The Morgan fingerprint density at radius 1 is 1.33 bits per heavy atom. The molecule has 2 aromatic rings. The Hall–Kier alpha value is -1.79. The number of carbonyl (C=O) groups is 1. The van der Waals surface area contributed by atoms with Crippen LogP contribution in [0.25, 0.3) is 0 Å². The molecule has 0 saturated carbocycles. The second-order valence-corrected chi connectivity index (χ2v) is 7.08. The van der Waals surface area contributed by atoms with Gasteiger partial charge in [0.25, 0.3) is 0 Å². The minimum atomic E-state index is 0.103. The summed E-state index contributed by atoms with van der Waals surface area (Å²) >= 11 is 1.70. The third-order valence-corrected chi connectivity index (χ3v) is 5.24. The monoisotopic (exact) mass is 344 g/mol. The highest BCUT2D eigenvalue weighted by atomic mass is 32.2. The van der Waals surface area contributed by atoms with Gasteiger partial charge >= 0.3 is 0 Å².